The number of aliphatic hydroxyl groups is 1. The average Bonchev–Trinajstić information content (AvgIpc) is 2.84. The predicted octanol–water partition coefficient (Wildman–Crippen LogP) is 1.36. The largest absolute Gasteiger partial charge is 0.454 e. The molecule has 1 atom stereocenters. The van der Waals surface area contributed by atoms with Crippen LogP contribution in [-0.2, 0) is 11.3 Å². The van der Waals surface area contributed by atoms with E-state index in [1.54, 1.807) is 0 Å². The van der Waals surface area contributed by atoms with Crippen LogP contribution in [0.5, 0.6) is 11.5 Å². The van der Waals surface area contributed by atoms with Crippen LogP contribution < -0.4 is 14.8 Å². The maximum absolute atomic E-state index is 11.8. The van der Waals surface area contributed by atoms with Crippen molar-refractivity contribution >= 4 is 5.91 Å². The Morgan fingerprint density at radius 1 is 1.42 bits per heavy atom. The number of hydrogen-bond acceptors (Lipinski definition) is 4. The van der Waals surface area contributed by atoms with Gasteiger partial charge in [0.1, 0.15) is 0 Å². The minimum atomic E-state index is -0.339. The molecule has 0 saturated heterocycles. The Morgan fingerprint density at radius 2 is 2.11 bits per heavy atom. The molecule has 2 N–H and O–H groups in total. The minimum absolute atomic E-state index is 0.123. The summed E-state index contributed by atoms with van der Waals surface area (Å²) >= 11 is 0. The quantitative estimate of drug-likeness (QED) is 0.843. The van der Waals surface area contributed by atoms with Gasteiger partial charge in [0.05, 0.1) is 12.5 Å². The van der Waals surface area contributed by atoms with Gasteiger partial charge in [-0.25, -0.2) is 0 Å². The number of aryl methyl sites for hydroxylation is 1. The average molecular weight is 265 g/mol. The van der Waals surface area contributed by atoms with E-state index in [0.29, 0.717) is 18.7 Å². The highest BCUT2D eigenvalue weighted by molar-refractivity contribution is 5.78. The molecular formula is C14H19NO4. The molecule has 1 aliphatic rings. The molecule has 0 spiro atoms. The summed E-state index contributed by atoms with van der Waals surface area (Å²) in [4.78, 5) is 11.8. The van der Waals surface area contributed by atoms with Gasteiger partial charge in [-0.05, 0) is 36.6 Å². The number of benzene rings is 1. The number of carbonyl (C=O) groups excluding carboxylic acids is 1. The zero-order chi connectivity index (χ0) is 13.8. The van der Waals surface area contributed by atoms with E-state index in [4.69, 9.17) is 14.6 Å². The Labute approximate surface area is 112 Å². The lowest BCUT2D eigenvalue weighted by atomic mass is 10.1. The maximum atomic E-state index is 11.8. The third kappa shape index (κ3) is 2.98. The maximum Gasteiger partial charge on any atom is 0.231 e. The van der Waals surface area contributed by atoms with Crippen LogP contribution >= 0.6 is 0 Å². The van der Waals surface area contributed by atoms with Crippen molar-refractivity contribution in [3.63, 3.8) is 0 Å². The summed E-state index contributed by atoms with van der Waals surface area (Å²) in [5, 5.41) is 11.9. The molecule has 1 unspecified atom stereocenters. The van der Waals surface area contributed by atoms with Crippen LogP contribution in [0.25, 0.3) is 0 Å². The van der Waals surface area contributed by atoms with E-state index in [1.807, 2.05) is 26.0 Å². The van der Waals surface area contributed by atoms with Crippen molar-refractivity contribution in [2.24, 2.45) is 5.92 Å². The van der Waals surface area contributed by atoms with Crippen LogP contribution in [0.2, 0.25) is 0 Å². The summed E-state index contributed by atoms with van der Waals surface area (Å²) < 4.78 is 10.6. The Morgan fingerprint density at radius 3 is 2.74 bits per heavy atom. The standard InChI is InChI=1S/C14H19NO4/c1-3-10(7-16)14(17)15-6-11-5-13-12(4-9(11)2)18-8-19-13/h4-5,10,16H,3,6-8H2,1-2H3,(H,15,17). The summed E-state index contributed by atoms with van der Waals surface area (Å²) in [6.45, 7) is 4.40. The SMILES string of the molecule is CCC(CO)C(=O)NCc1cc2c(cc1C)OCO2. The molecule has 1 heterocycles. The van der Waals surface area contributed by atoms with Gasteiger partial charge in [-0.15, -0.1) is 0 Å². The fourth-order valence-corrected chi connectivity index (χ4v) is 2.00. The second kappa shape index (κ2) is 5.93. The fraction of sp³-hybridized carbons (Fsp3) is 0.500. The molecule has 1 aromatic rings. The van der Waals surface area contributed by atoms with Crippen molar-refractivity contribution in [2.75, 3.05) is 13.4 Å². The van der Waals surface area contributed by atoms with Crippen LogP contribution in [0.15, 0.2) is 12.1 Å². The first kappa shape index (κ1) is 13.7. The molecular weight excluding hydrogens is 246 g/mol. The topological polar surface area (TPSA) is 67.8 Å². The van der Waals surface area contributed by atoms with E-state index >= 15 is 0 Å². The number of aliphatic hydroxyl groups excluding tert-OH is 1. The number of carbonyl (C=O) groups is 1. The van der Waals surface area contributed by atoms with Gasteiger partial charge < -0.3 is 19.9 Å². The van der Waals surface area contributed by atoms with Crippen LogP contribution in [0, 0.1) is 12.8 Å². The zero-order valence-corrected chi connectivity index (χ0v) is 11.2. The minimum Gasteiger partial charge on any atom is -0.454 e. The Hall–Kier alpha value is -1.75. The highest BCUT2D eigenvalue weighted by atomic mass is 16.7. The molecule has 0 radical (unpaired) electrons. The van der Waals surface area contributed by atoms with Crippen LogP contribution in [0.4, 0.5) is 0 Å². The molecule has 1 amide bonds. The highest BCUT2D eigenvalue weighted by Crippen LogP contribution is 2.34. The molecule has 0 aliphatic carbocycles. The first-order valence-corrected chi connectivity index (χ1v) is 6.43. The fourth-order valence-electron chi connectivity index (χ4n) is 2.00. The van der Waals surface area contributed by atoms with Gasteiger partial charge in [0, 0.05) is 6.54 Å². The number of amides is 1. The summed E-state index contributed by atoms with van der Waals surface area (Å²) in [7, 11) is 0. The van der Waals surface area contributed by atoms with Gasteiger partial charge in [0.2, 0.25) is 12.7 Å². The smallest absolute Gasteiger partial charge is 0.231 e. The van der Waals surface area contributed by atoms with Gasteiger partial charge in [-0.1, -0.05) is 6.92 Å². The van der Waals surface area contributed by atoms with Gasteiger partial charge in [0.25, 0.3) is 0 Å². The van der Waals surface area contributed by atoms with Crippen molar-refractivity contribution in [3.8, 4) is 11.5 Å². The lowest BCUT2D eigenvalue weighted by molar-refractivity contribution is -0.126. The molecule has 19 heavy (non-hydrogen) atoms. The van der Waals surface area contributed by atoms with E-state index in [2.05, 4.69) is 5.32 Å². The monoisotopic (exact) mass is 265 g/mol. The van der Waals surface area contributed by atoms with E-state index in [-0.39, 0.29) is 25.2 Å². The molecule has 104 valence electrons. The normalized spacial score (nSPS) is 14.3. The number of ether oxygens (including phenoxy) is 2. The number of rotatable bonds is 5. The van der Waals surface area contributed by atoms with Gasteiger partial charge in [-0.3, -0.25) is 4.79 Å². The second-order valence-electron chi connectivity index (χ2n) is 4.64. The van der Waals surface area contributed by atoms with E-state index in [9.17, 15) is 4.79 Å². The van der Waals surface area contributed by atoms with E-state index in [1.165, 1.54) is 0 Å². The summed E-state index contributed by atoms with van der Waals surface area (Å²) in [5.74, 6) is 0.995. The molecule has 5 heteroatoms. The van der Waals surface area contributed by atoms with Gasteiger partial charge in [0.15, 0.2) is 11.5 Å². The van der Waals surface area contributed by atoms with Crippen molar-refractivity contribution < 1.29 is 19.4 Å². The van der Waals surface area contributed by atoms with Crippen LogP contribution in [-0.4, -0.2) is 24.4 Å². The molecule has 0 aromatic heterocycles. The third-order valence-corrected chi connectivity index (χ3v) is 3.37. The Bertz CT molecular complexity index is 469. The van der Waals surface area contributed by atoms with Crippen LogP contribution in [0.1, 0.15) is 24.5 Å². The summed E-state index contributed by atoms with van der Waals surface area (Å²) in [6, 6.07) is 3.80. The van der Waals surface area contributed by atoms with Crippen molar-refractivity contribution in [2.45, 2.75) is 26.8 Å². The van der Waals surface area contributed by atoms with Crippen molar-refractivity contribution in [1.29, 1.82) is 0 Å². The van der Waals surface area contributed by atoms with E-state index in [0.717, 1.165) is 16.9 Å². The van der Waals surface area contributed by atoms with Crippen LogP contribution in [0.3, 0.4) is 0 Å². The van der Waals surface area contributed by atoms with Crippen molar-refractivity contribution in [1.82, 2.24) is 5.32 Å². The molecule has 0 fully saturated rings. The lowest BCUT2D eigenvalue weighted by Gasteiger charge is -2.13. The number of hydrogen-bond donors (Lipinski definition) is 2. The van der Waals surface area contributed by atoms with Gasteiger partial charge >= 0.3 is 0 Å². The second-order valence-corrected chi connectivity index (χ2v) is 4.64. The molecule has 2 rings (SSSR count). The number of nitrogens with one attached hydrogen (secondary N) is 1. The highest BCUT2D eigenvalue weighted by Gasteiger charge is 2.18. The third-order valence-electron chi connectivity index (χ3n) is 3.37. The van der Waals surface area contributed by atoms with E-state index < -0.39 is 0 Å². The summed E-state index contributed by atoms with van der Waals surface area (Å²) in [6.07, 6.45) is 0.627. The zero-order valence-electron chi connectivity index (χ0n) is 11.2. The molecule has 1 aliphatic heterocycles. The first-order valence-electron chi connectivity index (χ1n) is 6.43. The van der Waals surface area contributed by atoms with Crippen molar-refractivity contribution in [3.05, 3.63) is 23.3 Å². The molecule has 5 nitrogen and oxygen atoms in total. The Kier molecular flexibility index (Phi) is 4.27. The summed E-state index contributed by atoms with van der Waals surface area (Å²) in [5.41, 5.74) is 2.03. The molecule has 0 bridgehead atoms. The predicted molar refractivity (Wildman–Crippen MR) is 70.0 cm³/mol. The lowest BCUT2D eigenvalue weighted by Crippen LogP contribution is -2.32. The first-order chi connectivity index (χ1) is 9.15. The Balaban J connectivity index is 2.02. The molecule has 1 aromatic carbocycles. The number of fused-ring (bicyclic) bond motifs is 1. The molecule has 0 saturated carbocycles. The van der Waals surface area contributed by atoms with Gasteiger partial charge in [-0.2, -0.15) is 0 Å².